The number of phenols is 1. The van der Waals surface area contributed by atoms with Gasteiger partial charge in [-0.05, 0) is 74.0 Å². The zero-order valence-electron chi connectivity index (χ0n) is 31.0. The third-order valence-corrected chi connectivity index (χ3v) is 10.2. The van der Waals surface area contributed by atoms with Crippen molar-refractivity contribution >= 4 is 43.8 Å². The fraction of sp³-hybridized carbons (Fsp3) is 0.167. The van der Waals surface area contributed by atoms with Gasteiger partial charge in [0.1, 0.15) is 16.9 Å². The Kier molecular flexibility index (Phi) is 8.62. The number of rotatable bonds is 4. The van der Waals surface area contributed by atoms with Gasteiger partial charge >= 0.3 is 0 Å². The Morgan fingerprint density at radius 3 is 2.11 bits per heavy atom. The van der Waals surface area contributed by atoms with Gasteiger partial charge in [-0.15, -0.1) is 17.7 Å². The van der Waals surface area contributed by atoms with Crippen LogP contribution in [0.25, 0.3) is 88.8 Å². The van der Waals surface area contributed by atoms with E-state index in [1.165, 1.54) is 0 Å². The summed E-state index contributed by atoms with van der Waals surface area (Å²) in [5.74, 6) is 0.565. The Morgan fingerprint density at radius 1 is 0.630 bits per heavy atom. The number of pyridine rings is 1. The number of benzene rings is 6. The van der Waals surface area contributed by atoms with Crippen LogP contribution in [0, 0.1) is 6.07 Å². The van der Waals surface area contributed by atoms with Crippen molar-refractivity contribution < 1.29 is 35.0 Å². The number of oxazole rings is 1. The monoisotopic (exact) mass is 886 g/mol. The molecular weight excluding hydrogens is 848 g/mol. The Morgan fingerprint density at radius 2 is 1.37 bits per heavy atom. The fourth-order valence-corrected chi connectivity index (χ4v) is 7.29. The molecule has 9 rings (SSSR count). The van der Waals surface area contributed by atoms with Gasteiger partial charge in [0.15, 0.2) is 0 Å². The molecule has 270 valence electrons. The van der Waals surface area contributed by atoms with E-state index >= 15 is 0 Å². The van der Waals surface area contributed by atoms with Crippen LogP contribution in [0.5, 0.6) is 5.75 Å². The molecule has 0 amide bonds. The number of para-hydroxylation sites is 1. The molecule has 0 unspecified atom stereocenters. The molecule has 0 spiro atoms. The molecule has 0 fully saturated rings. The topological polar surface area (TPSA) is 72.3 Å². The molecule has 0 saturated carbocycles. The van der Waals surface area contributed by atoms with Crippen LogP contribution in [-0.4, -0.2) is 15.1 Å². The molecule has 1 N–H and O–H groups in total. The molecule has 3 heterocycles. The van der Waals surface area contributed by atoms with Gasteiger partial charge in [0, 0.05) is 43.9 Å². The molecule has 6 heteroatoms. The van der Waals surface area contributed by atoms with Crippen molar-refractivity contribution in [3.05, 3.63) is 139 Å². The molecular formula is C48H39N2O3Pt-. The Labute approximate surface area is 329 Å². The number of hydrogen-bond donors (Lipinski definition) is 1. The second-order valence-corrected chi connectivity index (χ2v) is 16.0. The number of hydrogen-bond acceptors (Lipinski definition) is 5. The summed E-state index contributed by atoms with van der Waals surface area (Å²) in [6.07, 6.45) is 1.84. The van der Waals surface area contributed by atoms with Crippen molar-refractivity contribution in [1.82, 2.24) is 9.97 Å². The summed E-state index contributed by atoms with van der Waals surface area (Å²) in [6.45, 7) is 12.9. The van der Waals surface area contributed by atoms with Crippen LogP contribution in [0.4, 0.5) is 0 Å². The summed E-state index contributed by atoms with van der Waals surface area (Å²) in [4.78, 5) is 9.97. The molecule has 0 saturated heterocycles. The van der Waals surface area contributed by atoms with E-state index in [0.29, 0.717) is 22.6 Å². The van der Waals surface area contributed by atoms with Gasteiger partial charge in [0.05, 0.1) is 16.7 Å². The molecule has 0 radical (unpaired) electrons. The van der Waals surface area contributed by atoms with Crippen LogP contribution >= 0.6 is 0 Å². The first kappa shape index (κ1) is 35.5. The fourth-order valence-electron chi connectivity index (χ4n) is 7.29. The minimum absolute atomic E-state index is 0. The second-order valence-electron chi connectivity index (χ2n) is 16.0. The maximum atomic E-state index is 11.7. The van der Waals surface area contributed by atoms with E-state index in [-0.39, 0.29) is 37.6 Å². The van der Waals surface area contributed by atoms with E-state index in [1.54, 1.807) is 0 Å². The average molecular weight is 887 g/mol. The summed E-state index contributed by atoms with van der Waals surface area (Å²) in [7, 11) is 0. The summed E-state index contributed by atoms with van der Waals surface area (Å²) in [5.41, 5.74) is 10.3. The Hall–Kier alpha value is -5.51. The quantitative estimate of drug-likeness (QED) is 0.178. The van der Waals surface area contributed by atoms with E-state index < -0.39 is 0 Å². The maximum Gasteiger partial charge on any atom is 0.230 e. The van der Waals surface area contributed by atoms with Crippen LogP contribution in [0.3, 0.4) is 0 Å². The molecule has 0 aliphatic rings. The normalized spacial score (nSPS) is 12.2. The Bertz CT molecular complexity index is 2870. The van der Waals surface area contributed by atoms with Crippen LogP contribution in [0.15, 0.2) is 130 Å². The predicted molar refractivity (Wildman–Crippen MR) is 216 cm³/mol. The van der Waals surface area contributed by atoms with E-state index in [0.717, 1.165) is 77.3 Å². The minimum atomic E-state index is -0.289. The van der Waals surface area contributed by atoms with Crippen molar-refractivity contribution in [2.24, 2.45) is 0 Å². The second kappa shape index (κ2) is 13.1. The average Bonchev–Trinajstić information content (AvgIpc) is 3.74. The van der Waals surface area contributed by atoms with Crippen molar-refractivity contribution in [1.29, 1.82) is 0 Å². The summed E-state index contributed by atoms with van der Waals surface area (Å²) in [5, 5.41) is 15.9. The van der Waals surface area contributed by atoms with Crippen molar-refractivity contribution in [3.8, 4) is 50.7 Å². The van der Waals surface area contributed by atoms with Crippen LogP contribution in [0.1, 0.15) is 52.7 Å². The van der Waals surface area contributed by atoms with Gasteiger partial charge in [0.2, 0.25) is 5.89 Å². The van der Waals surface area contributed by atoms with Crippen LogP contribution in [-0.2, 0) is 31.9 Å². The van der Waals surface area contributed by atoms with Gasteiger partial charge in [-0.1, -0.05) is 132 Å². The summed E-state index contributed by atoms with van der Waals surface area (Å²) < 4.78 is 13.2. The molecule has 6 aromatic carbocycles. The number of fused-ring (bicyclic) bond motifs is 5. The van der Waals surface area contributed by atoms with Gasteiger partial charge in [-0.3, -0.25) is 4.98 Å². The standard InChI is InChI=1S/C48H39N2O3.Pt/c1-47(2,3)33-26-38(44(51)39(27-33)48(4,5)6)46-50-43-34(17-12-18-41(43)53-46)32-22-36-35-21-29-15-10-11-16-30(29)25-42(35)52-45(36)37(23-32)40-24-31(19-20-49-40)28-13-8-7-9-14-28;/h7-22,24-27,51H,1-6H3;/q-1;. The number of aromatic nitrogens is 2. The zero-order chi connectivity index (χ0) is 36.6. The number of phenolic OH excluding ortho intramolecular Hbond substituents is 1. The summed E-state index contributed by atoms with van der Waals surface area (Å²) in [6, 6.07) is 43.0. The maximum absolute atomic E-state index is 11.7. The SMILES string of the molecule is CC(C)(C)c1cc(-c2nc3c(-c4[c-]c(-c5cc(-c6ccccc6)ccn5)c5oc6cc7ccccc7cc6c5c4)cccc3o2)c(O)c(C(C)(C)C)c1.[Pt]. The molecule has 5 nitrogen and oxygen atoms in total. The van der Waals surface area contributed by atoms with E-state index in [2.05, 4.69) is 108 Å². The molecule has 0 atom stereocenters. The molecule has 9 aromatic rings. The van der Waals surface area contributed by atoms with Gasteiger partial charge in [0.25, 0.3) is 0 Å². The third-order valence-electron chi connectivity index (χ3n) is 10.2. The van der Waals surface area contributed by atoms with Crippen molar-refractivity contribution in [2.45, 2.75) is 52.4 Å². The van der Waals surface area contributed by atoms with E-state index in [4.69, 9.17) is 18.8 Å². The molecule has 0 aliphatic carbocycles. The number of aromatic hydroxyl groups is 1. The zero-order valence-corrected chi connectivity index (χ0v) is 33.3. The van der Waals surface area contributed by atoms with Crippen LogP contribution in [0.2, 0.25) is 0 Å². The first-order chi connectivity index (χ1) is 25.4. The number of nitrogens with zero attached hydrogens (tertiary/aromatic N) is 2. The number of furan rings is 1. The third kappa shape index (κ3) is 6.11. The summed E-state index contributed by atoms with van der Waals surface area (Å²) >= 11 is 0. The Balaban J connectivity index is 0.00000413. The van der Waals surface area contributed by atoms with E-state index in [9.17, 15) is 5.11 Å². The van der Waals surface area contributed by atoms with Gasteiger partial charge in [-0.25, -0.2) is 4.98 Å². The van der Waals surface area contributed by atoms with E-state index in [1.807, 2.05) is 60.8 Å². The molecule has 3 aromatic heterocycles. The van der Waals surface area contributed by atoms with Gasteiger partial charge in [-0.2, -0.15) is 0 Å². The largest absolute Gasteiger partial charge is 0.507 e. The van der Waals surface area contributed by atoms with Crippen molar-refractivity contribution in [3.63, 3.8) is 0 Å². The minimum Gasteiger partial charge on any atom is -0.507 e. The molecule has 0 bridgehead atoms. The molecule has 0 aliphatic heterocycles. The van der Waals surface area contributed by atoms with Crippen LogP contribution < -0.4 is 0 Å². The molecule has 54 heavy (non-hydrogen) atoms. The predicted octanol–water partition coefficient (Wildman–Crippen LogP) is 13.0. The van der Waals surface area contributed by atoms with Gasteiger partial charge < -0.3 is 13.9 Å². The first-order valence-electron chi connectivity index (χ1n) is 18.0. The smallest absolute Gasteiger partial charge is 0.230 e. The first-order valence-corrected chi connectivity index (χ1v) is 18.0. The van der Waals surface area contributed by atoms with Crippen molar-refractivity contribution in [2.75, 3.05) is 0 Å².